The molecule has 4 nitrogen and oxygen atoms in total. The Morgan fingerprint density at radius 3 is 2.84 bits per heavy atom. The van der Waals surface area contributed by atoms with Crippen molar-refractivity contribution in [3.8, 4) is 0 Å². The quantitative estimate of drug-likeness (QED) is 0.780. The molecule has 3 rings (SSSR count). The highest BCUT2D eigenvalue weighted by molar-refractivity contribution is 5.81. The Morgan fingerprint density at radius 1 is 1.32 bits per heavy atom. The number of rotatable bonds is 3. The van der Waals surface area contributed by atoms with Gasteiger partial charge >= 0.3 is 0 Å². The minimum absolute atomic E-state index is 0.0580. The Bertz CT molecular complexity index is 706. The van der Waals surface area contributed by atoms with Crippen molar-refractivity contribution in [3.63, 3.8) is 0 Å². The SMILES string of the molecule is CC(N)c1ccc2ccn(Cc3cn(C)cn3)c2c1. The normalized spacial score (nSPS) is 13.0. The van der Waals surface area contributed by atoms with Crippen LogP contribution in [0.4, 0.5) is 0 Å². The van der Waals surface area contributed by atoms with E-state index in [-0.39, 0.29) is 6.04 Å². The molecular weight excluding hydrogens is 236 g/mol. The molecule has 0 fully saturated rings. The molecule has 2 N–H and O–H groups in total. The number of nitrogens with two attached hydrogens (primary N) is 1. The van der Waals surface area contributed by atoms with Crippen molar-refractivity contribution >= 4 is 10.9 Å². The van der Waals surface area contributed by atoms with E-state index in [1.807, 2.05) is 31.1 Å². The molecule has 98 valence electrons. The topological polar surface area (TPSA) is 48.8 Å². The summed E-state index contributed by atoms with van der Waals surface area (Å²) in [4.78, 5) is 4.37. The Balaban J connectivity index is 2.01. The number of hydrogen-bond acceptors (Lipinski definition) is 2. The summed E-state index contributed by atoms with van der Waals surface area (Å²) in [5.41, 5.74) is 9.39. The van der Waals surface area contributed by atoms with Crippen LogP contribution in [0.1, 0.15) is 24.2 Å². The lowest BCUT2D eigenvalue weighted by Crippen LogP contribution is -2.05. The molecule has 0 saturated carbocycles. The summed E-state index contributed by atoms with van der Waals surface area (Å²) in [6.07, 6.45) is 5.97. The molecule has 2 aromatic heterocycles. The van der Waals surface area contributed by atoms with Crippen molar-refractivity contribution in [2.24, 2.45) is 12.8 Å². The molecule has 19 heavy (non-hydrogen) atoms. The Hall–Kier alpha value is -2.07. The molecule has 0 aliphatic heterocycles. The third-order valence-corrected chi connectivity index (χ3v) is 3.41. The highest BCUT2D eigenvalue weighted by atomic mass is 15.0. The van der Waals surface area contributed by atoms with E-state index in [1.165, 1.54) is 10.9 Å². The molecule has 3 aromatic rings. The molecule has 4 heteroatoms. The smallest absolute Gasteiger partial charge is 0.0947 e. The number of aromatic nitrogens is 3. The second-order valence-electron chi connectivity index (χ2n) is 5.08. The second-order valence-corrected chi connectivity index (χ2v) is 5.08. The fraction of sp³-hybridized carbons (Fsp3) is 0.267. The van der Waals surface area contributed by atoms with Crippen LogP contribution >= 0.6 is 0 Å². The molecule has 0 saturated heterocycles. The Morgan fingerprint density at radius 2 is 2.16 bits per heavy atom. The minimum Gasteiger partial charge on any atom is -0.341 e. The lowest BCUT2D eigenvalue weighted by Gasteiger charge is -2.08. The predicted molar refractivity (Wildman–Crippen MR) is 76.9 cm³/mol. The number of nitrogens with zero attached hydrogens (tertiary/aromatic N) is 3. The van der Waals surface area contributed by atoms with Crippen LogP contribution in [0, 0.1) is 0 Å². The fourth-order valence-corrected chi connectivity index (χ4v) is 2.35. The van der Waals surface area contributed by atoms with E-state index in [4.69, 9.17) is 5.73 Å². The maximum atomic E-state index is 5.95. The van der Waals surface area contributed by atoms with Gasteiger partial charge in [0.05, 0.1) is 18.6 Å². The second kappa shape index (κ2) is 4.55. The van der Waals surface area contributed by atoms with Gasteiger partial charge in [0.1, 0.15) is 0 Å². The lowest BCUT2D eigenvalue weighted by atomic mass is 10.1. The zero-order chi connectivity index (χ0) is 13.4. The van der Waals surface area contributed by atoms with Gasteiger partial charge < -0.3 is 14.9 Å². The van der Waals surface area contributed by atoms with Crippen molar-refractivity contribution in [2.45, 2.75) is 19.5 Å². The summed E-state index contributed by atoms with van der Waals surface area (Å²) < 4.78 is 4.18. The van der Waals surface area contributed by atoms with E-state index < -0.39 is 0 Å². The van der Waals surface area contributed by atoms with E-state index in [2.05, 4.69) is 40.0 Å². The van der Waals surface area contributed by atoms with Crippen LogP contribution < -0.4 is 5.73 Å². The number of benzene rings is 1. The Labute approximate surface area is 112 Å². The molecular formula is C15H18N4. The van der Waals surface area contributed by atoms with E-state index in [9.17, 15) is 0 Å². The average Bonchev–Trinajstić information content (AvgIpc) is 2.96. The molecule has 1 atom stereocenters. The summed E-state index contributed by atoms with van der Waals surface area (Å²) in [6, 6.07) is 8.58. The van der Waals surface area contributed by atoms with E-state index in [0.717, 1.165) is 17.8 Å². The monoisotopic (exact) mass is 254 g/mol. The van der Waals surface area contributed by atoms with Crippen molar-refractivity contribution in [2.75, 3.05) is 0 Å². The van der Waals surface area contributed by atoms with Gasteiger partial charge in [0.25, 0.3) is 0 Å². The molecule has 0 aliphatic carbocycles. The van der Waals surface area contributed by atoms with Crippen molar-refractivity contribution in [1.29, 1.82) is 0 Å². The number of fused-ring (bicyclic) bond motifs is 1. The standard InChI is InChI=1S/C15H18N4/c1-11(16)13-4-3-12-5-6-19(15(12)7-13)9-14-8-18(2)10-17-14/h3-8,10-11H,9,16H2,1-2H3. The molecule has 0 bridgehead atoms. The maximum Gasteiger partial charge on any atom is 0.0947 e. The van der Waals surface area contributed by atoms with Crippen LogP contribution in [0.25, 0.3) is 10.9 Å². The molecule has 1 aromatic carbocycles. The van der Waals surface area contributed by atoms with Crippen LogP contribution in [0.2, 0.25) is 0 Å². The third-order valence-electron chi connectivity index (χ3n) is 3.41. The highest BCUT2D eigenvalue weighted by Crippen LogP contribution is 2.21. The first-order valence-corrected chi connectivity index (χ1v) is 6.45. The average molecular weight is 254 g/mol. The maximum absolute atomic E-state index is 5.95. The van der Waals surface area contributed by atoms with Crippen LogP contribution in [0.15, 0.2) is 43.0 Å². The molecule has 0 radical (unpaired) electrons. The zero-order valence-electron chi connectivity index (χ0n) is 11.2. The van der Waals surface area contributed by atoms with Crippen molar-refractivity contribution < 1.29 is 0 Å². The van der Waals surface area contributed by atoms with Crippen LogP contribution in [-0.4, -0.2) is 14.1 Å². The molecule has 0 amide bonds. The highest BCUT2D eigenvalue weighted by Gasteiger charge is 2.06. The molecule has 2 heterocycles. The van der Waals surface area contributed by atoms with Crippen LogP contribution in [0.5, 0.6) is 0 Å². The van der Waals surface area contributed by atoms with E-state index >= 15 is 0 Å². The summed E-state index contributed by atoms with van der Waals surface area (Å²) >= 11 is 0. The van der Waals surface area contributed by atoms with Gasteiger partial charge in [-0.25, -0.2) is 4.98 Å². The summed E-state index contributed by atoms with van der Waals surface area (Å²) in [5, 5.41) is 1.24. The number of imidazole rings is 1. The zero-order valence-corrected chi connectivity index (χ0v) is 11.2. The fourth-order valence-electron chi connectivity index (χ4n) is 2.35. The van der Waals surface area contributed by atoms with Crippen molar-refractivity contribution in [1.82, 2.24) is 14.1 Å². The van der Waals surface area contributed by atoms with Gasteiger partial charge in [0.15, 0.2) is 0 Å². The van der Waals surface area contributed by atoms with Gasteiger partial charge in [0, 0.05) is 31.0 Å². The first-order chi connectivity index (χ1) is 9.13. The molecule has 0 spiro atoms. The van der Waals surface area contributed by atoms with E-state index in [0.29, 0.717) is 0 Å². The van der Waals surface area contributed by atoms with Gasteiger partial charge in [-0.1, -0.05) is 12.1 Å². The summed E-state index contributed by atoms with van der Waals surface area (Å²) in [6.45, 7) is 2.79. The van der Waals surface area contributed by atoms with Crippen molar-refractivity contribution in [3.05, 3.63) is 54.2 Å². The van der Waals surface area contributed by atoms with E-state index in [1.54, 1.807) is 0 Å². The first kappa shape index (κ1) is 12.0. The number of hydrogen-bond donors (Lipinski definition) is 1. The largest absolute Gasteiger partial charge is 0.341 e. The van der Waals surface area contributed by atoms with Gasteiger partial charge in [-0.3, -0.25) is 0 Å². The van der Waals surface area contributed by atoms with Gasteiger partial charge in [-0.05, 0) is 30.0 Å². The van der Waals surface area contributed by atoms with Crippen LogP contribution in [0.3, 0.4) is 0 Å². The summed E-state index contributed by atoms with van der Waals surface area (Å²) in [5.74, 6) is 0. The lowest BCUT2D eigenvalue weighted by molar-refractivity contribution is 0.801. The van der Waals surface area contributed by atoms with Crippen LogP contribution in [-0.2, 0) is 13.6 Å². The number of aryl methyl sites for hydroxylation is 1. The third kappa shape index (κ3) is 2.27. The van der Waals surface area contributed by atoms with Gasteiger partial charge in [-0.2, -0.15) is 0 Å². The minimum atomic E-state index is 0.0580. The van der Waals surface area contributed by atoms with Gasteiger partial charge in [0.2, 0.25) is 0 Å². The molecule has 0 aliphatic rings. The summed E-state index contributed by atoms with van der Waals surface area (Å²) in [7, 11) is 1.98. The predicted octanol–water partition coefficient (Wildman–Crippen LogP) is 2.44. The molecule has 1 unspecified atom stereocenters. The first-order valence-electron chi connectivity index (χ1n) is 6.45. The van der Waals surface area contributed by atoms with Gasteiger partial charge in [-0.15, -0.1) is 0 Å². The Kier molecular flexibility index (Phi) is 2.87.